The topological polar surface area (TPSA) is 79.9 Å². The van der Waals surface area contributed by atoms with Crippen molar-refractivity contribution in [2.45, 2.75) is 32.1 Å². The fourth-order valence-electron chi connectivity index (χ4n) is 2.20. The van der Waals surface area contributed by atoms with E-state index in [0.717, 1.165) is 32.1 Å². The van der Waals surface area contributed by atoms with Gasteiger partial charge in [0.15, 0.2) is 5.75 Å². The minimum Gasteiger partial charge on any atom is -0.508 e. The molecular formula is C17H20O5. The Balaban J connectivity index is 2.01. The summed E-state index contributed by atoms with van der Waals surface area (Å²) < 4.78 is 10.4. The Bertz CT molecular complexity index is 702. The number of benzene rings is 1. The largest absolute Gasteiger partial charge is 0.508 e. The molecule has 0 bridgehead atoms. The number of hydrogen-bond donors (Lipinski definition) is 2. The van der Waals surface area contributed by atoms with Crippen LogP contribution >= 0.6 is 0 Å². The van der Waals surface area contributed by atoms with Gasteiger partial charge >= 0.3 is 5.63 Å². The number of allylic oxidation sites excluding steroid dienone is 1. The number of fused-ring (bicyclic) bond motifs is 1. The fraction of sp³-hybridized carbons (Fsp3) is 0.353. The van der Waals surface area contributed by atoms with E-state index in [2.05, 4.69) is 6.58 Å². The van der Waals surface area contributed by atoms with Crippen LogP contribution in [-0.2, 0) is 0 Å². The minimum absolute atomic E-state index is 0.0387. The molecule has 0 fully saturated rings. The smallest absolute Gasteiger partial charge is 0.383 e. The lowest BCUT2D eigenvalue weighted by Gasteiger charge is -2.08. The summed E-state index contributed by atoms with van der Waals surface area (Å²) in [5.74, 6) is -0.467. The molecule has 2 rings (SSSR count). The predicted molar refractivity (Wildman–Crippen MR) is 84.6 cm³/mol. The Kier molecular flexibility index (Phi) is 5.47. The van der Waals surface area contributed by atoms with Crippen LogP contribution in [0.4, 0.5) is 0 Å². The lowest BCUT2D eigenvalue weighted by Crippen LogP contribution is -2.08. The third-order valence-corrected chi connectivity index (χ3v) is 3.37. The van der Waals surface area contributed by atoms with E-state index in [1.807, 2.05) is 6.08 Å². The van der Waals surface area contributed by atoms with E-state index in [4.69, 9.17) is 9.15 Å². The van der Waals surface area contributed by atoms with Crippen molar-refractivity contribution in [1.82, 2.24) is 0 Å². The highest BCUT2D eigenvalue weighted by molar-refractivity contribution is 5.86. The highest BCUT2D eigenvalue weighted by Gasteiger charge is 2.15. The predicted octanol–water partition coefficient (Wildman–Crippen LogP) is 3.72. The summed E-state index contributed by atoms with van der Waals surface area (Å²) in [5, 5.41) is 19.8. The monoisotopic (exact) mass is 304 g/mol. The van der Waals surface area contributed by atoms with E-state index < -0.39 is 5.63 Å². The van der Waals surface area contributed by atoms with Gasteiger partial charge in [-0.2, -0.15) is 0 Å². The first-order valence-corrected chi connectivity index (χ1v) is 7.36. The Morgan fingerprint density at radius 2 is 1.95 bits per heavy atom. The second-order valence-corrected chi connectivity index (χ2v) is 5.09. The first kappa shape index (κ1) is 15.9. The molecule has 22 heavy (non-hydrogen) atoms. The van der Waals surface area contributed by atoms with Crippen LogP contribution in [0.1, 0.15) is 32.1 Å². The molecule has 2 N–H and O–H groups in total. The summed E-state index contributed by atoms with van der Waals surface area (Å²) in [6.07, 6.45) is 6.85. The number of phenolic OH excluding ortho intramolecular Hbond substituents is 1. The molecule has 0 unspecified atom stereocenters. The molecule has 5 nitrogen and oxygen atoms in total. The molecule has 0 aliphatic heterocycles. The Morgan fingerprint density at radius 1 is 1.18 bits per heavy atom. The minimum atomic E-state index is -0.748. The first-order chi connectivity index (χ1) is 10.6. The lowest BCUT2D eigenvalue weighted by atomic mass is 10.1. The molecule has 0 atom stereocenters. The molecule has 2 aromatic rings. The second kappa shape index (κ2) is 7.54. The highest BCUT2D eigenvalue weighted by Crippen LogP contribution is 2.32. The van der Waals surface area contributed by atoms with Crippen LogP contribution in [0.5, 0.6) is 17.2 Å². The maximum absolute atomic E-state index is 11.8. The van der Waals surface area contributed by atoms with E-state index >= 15 is 0 Å². The SMILES string of the molecule is C=CCCCCCCOc1c(O)c2ccc(O)cc2oc1=O. The summed E-state index contributed by atoms with van der Waals surface area (Å²) in [6.45, 7) is 4.01. The molecule has 0 aliphatic rings. The molecule has 0 saturated carbocycles. The van der Waals surface area contributed by atoms with Gasteiger partial charge in [0.1, 0.15) is 11.3 Å². The van der Waals surface area contributed by atoms with Gasteiger partial charge in [0, 0.05) is 6.07 Å². The van der Waals surface area contributed by atoms with Gasteiger partial charge < -0.3 is 19.4 Å². The number of aromatic hydroxyl groups is 2. The maximum atomic E-state index is 11.8. The van der Waals surface area contributed by atoms with Crippen molar-refractivity contribution < 1.29 is 19.4 Å². The van der Waals surface area contributed by atoms with Gasteiger partial charge in [-0.15, -0.1) is 6.58 Å². The molecule has 0 spiro atoms. The highest BCUT2D eigenvalue weighted by atomic mass is 16.5. The van der Waals surface area contributed by atoms with E-state index in [0.29, 0.717) is 12.0 Å². The standard InChI is InChI=1S/C17H20O5/c1-2-3-4-5-6-7-10-21-16-15(19)13-9-8-12(18)11-14(13)22-17(16)20/h2,8-9,11,18-19H,1,3-7,10H2. The lowest BCUT2D eigenvalue weighted by molar-refractivity contribution is 0.275. The zero-order chi connectivity index (χ0) is 15.9. The van der Waals surface area contributed by atoms with Gasteiger partial charge in [0.25, 0.3) is 0 Å². The van der Waals surface area contributed by atoms with Gasteiger partial charge in [-0.1, -0.05) is 18.9 Å². The van der Waals surface area contributed by atoms with E-state index in [-0.39, 0.29) is 22.8 Å². The molecule has 1 heterocycles. The van der Waals surface area contributed by atoms with E-state index in [1.54, 1.807) is 0 Å². The molecule has 0 amide bonds. The number of rotatable bonds is 8. The summed E-state index contributed by atoms with van der Waals surface area (Å²) in [4.78, 5) is 11.8. The van der Waals surface area contributed by atoms with Crippen LogP contribution < -0.4 is 10.4 Å². The van der Waals surface area contributed by atoms with Gasteiger partial charge in [0.2, 0.25) is 5.75 Å². The van der Waals surface area contributed by atoms with Crippen molar-refractivity contribution >= 4 is 11.0 Å². The van der Waals surface area contributed by atoms with Crippen LogP contribution in [0.15, 0.2) is 40.1 Å². The Hall–Kier alpha value is -2.43. The summed E-state index contributed by atoms with van der Waals surface area (Å²) >= 11 is 0. The summed E-state index contributed by atoms with van der Waals surface area (Å²) in [7, 11) is 0. The van der Waals surface area contributed by atoms with Crippen molar-refractivity contribution in [3.05, 3.63) is 41.3 Å². The molecule has 0 aliphatic carbocycles. The normalized spacial score (nSPS) is 10.7. The second-order valence-electron chi connectivity index (χ2n) is 5.09. The van der Waals surface area contributed by atoms with Gasteiger partial charge in [-0.05, 0) is 31.4 Å². The average molecular weight is 304 g/mol. The number of phenols is 1. The molecular weight excluding hydrogens is 284 g/mol. The van der Waals surface area contributed by atoms with Crippen molar-refractivity contribution in [2.75, 3.05) is 6.61 Å². The fourth-order valence-corrected chi connectivity index (χ4v) is 2.20. The number of ether oxygens (including phenoxy) is 1. The third-order valence-electron chi connectivity index (χ3n) is 3.37. The molecule has 0 saturated heterocycles. The summed E-state index contributed by atoms with van der Waals surface area (Å²) in [6, 6.07) is 4.16. The van der Waals surface area contributed by atoms with Crippen LogP contribution in [0, 0.1) is 0 Å². The molecule has 1 aromatic heterocycles. The Labute approximate surface area is 128 Å². The summed E-state index contributed by atoms with van der Waals surface area (Å²) in [5.41, 5.74) is -0.624. The maximum Gasteiger partial charge on any atom is 0.383 e. The molecule has 118 valence electrons. The van der Waals surface area contributed by atoms with Crippen LogP contribution in [0.25, 0.3) is 11.0 Å². The van der Waals surface area contributed by atoms with E-state index in [9.17, 15) is 15.0 Å². The zero-order valence-electron chi connectivity index (χ0n) is 12.4. The van der Waals surface area contributed by atoms with Gasteiger partial charge in [0.05, 0.1) is 12.0 Å². The van der Waals surface area contributed by atoms with Crippen LogP contribution in [0.2, 0.25) is 0 Å². The molecule has 1 aromatic carbocycles. The average Bonchev–Trinajstić information content (AvgIpc) is 2.48. The number of unbranched alkanes of at least 4 members (excludes halogenated alkanes) is 4. The van der Waals surface area contributed by atoms with Gasteiger partial charge in [-0.25, -0.2) is 4.79 Å². The van der Waals surface area contributed by atoms with Crippen molar-refractivity contribution in [1.29, 1.82) is 0 Å². The van der Waals surface area contributed by atoms with Crippen LogP contribution in [0.3, 0.4) is 0 Å². The Morgan fingerprint density at radius 3 is 2.73 bits per heavy atom. The van der Waals surface area contributed by atoms with E-state index in [1.165, 1.54) is 18.2 Å². The van der Waals surface area contributed by atoms with Crippen molar-refractivity contribution in [3.8, 4) is 17.2 Å². The van der Waals surface area contributed by atoms with Crippen molar-refractivity contribution in [2.24, 2.45) is 0 Å². The third kappa shape index (κ3) is 3.81. The van der Waals surface area contributed by atoms with Crippen LogP contribution in [-0.4, -0.2) is 16.8 Å². The first-order valence-electron chi connectivity index (χ1n) is 7.36. The molecule has 5 heteroatoms. The van der Waals surface area contributed by atoms with Crippen molar-refractivity contribution in [3.63, 3.8) is 0 Å². The number of hydrogen-bond acceptors (Lipinski definition) is 5. The zero-order valence-corrected chi connectivity index (χ0v) is 12.4. The quantitative estimate of drug-likeness (QED) is 0.441. The van der Waals surface area contributed by atoms with Gasteiger partial charge in [-0.3, -0.25) is 0 Å². The molecule has 0 radical (unpaired) electrons.